The van der Waals surface area contributed by atoms with Gasteiger partial charge in [-0.1, -0.05) is 0 Å². The quantitative estimate of drug-likeness (QED) is 0.721. The second-order valence-electron chi connectivity index (χ2n) is 3.94. The number of aldehydes is 1. The SMILES string of the molecule is Cc1cc(C=O)cnc1N(C)CC(C)C#N. The zero-order valence-electron chi connectivity index (χ0n) is 9.77. The highest BCUT2D eigenvalue weighted by Crippen LogP contribution is 2.16. The molecule has 84 valence electrons. The predicted molar refractivity (Wildman–Crippen MR) is 62.4 cm³/mol. The Balaban J connectivity index is 2.88. The number of nitrogens with zero attached hydrogens (tertiary/aromatic N) is 3. The summed E-state index contributed by atoms with van der Waals surface area (Å²) >= 11 is 0. The van der Waals surface area contributed by atoms with Gasteiger partial charge in [-0.3, -0.25) is 4.79 Å². The van der Waals surface area contributed by atoms with Crippen molar-refractivity contribution >= 4 is 12.1 Å². The van der Waals surface area contributed by atoms with Gasteiger partial charge in [-0.05, 0) is 25.5 Å². The number of pyridine rings is 1. The monoisotopic (exact) mass is 217 g/mol. The molecule has 1 rings (SSSR count). The van der Waals surface area contributed by atoms with Gasteiger partial charge >= 0.3 is 0 Å². The van der Waals surface area contributed by atoms with Gasteiger partial charge < -0.3 is 4.90 Å². The number of aryl methyl sites for hydroxylation is 1. The summed E-state index contributed by atoms with van der Waals surface area (Å²) in [4.78, 5) is 16.7. The fraction of sp³-hybridized carbons (Fsp3) is 0.417. The number of hydrogen-bond acceptors (Lipinski definition) is 4. The smallest absolute Gasteiger partial charge is 0.151 e. The first-order valence-corrected chi connectivity index (χ1v) is 5.11. The van der Waals surface area contributed by atoms with Gasteiger partial charge in [0, 0.05) is 25.4 Å². The van der Waals surface area contributed by atoms with Crippen LogP contribution >= 0.6 is 0 Å². The second-order valence-corrected chi connectivity index (χ2v) is 3.94. The molecule has 0 aliphatic heterocycles. The summed E-state index contributed by atoms with van der Waals surface area (Å²) in [5, 5.41) is 8.74. The Morgan fingerprint density at radius 3 is 2.88 bits per heavy atom. The topological polar surface area (TPSA) is 57.0 Å². The molecular formula is C12H15N3O. The Morgan fingerprint density at radius 2 is 2.38 bits per heavy atom. The first-order valence-electron chi connectivity index (χ1n) is 5.11. The van der Waals surface area contributed by atoms with E-state index >= 15 is 0 Å². The summed E-state index contributed by atoms with van der Waals surface area (Å²) in [7, 11) is 1.89. The molecule has 0 saturated heterocycles. The molecule has 0 N–H and O–H groups in total. The van der Waals surface area contributed by atoms with Crippen molar-refractivity contribution in [2.75, 3.05) is 18.5 Å². The highest BCUT2D eigenvalue weighted by atomic mass is 16.1. The van der Waals surface area contributed by atoms with Gasteiger partial charge in [0.05, 0.1) is 12.0 Å². The van der Waals surface area contributed by atoms with Crippen molar-refractivity contribution in [2.45, 2.75) is 13.8 Å². The average molecular weight is 217 g/mol. The van der Waals surface area contributed by atoms with Crippen LogP contribution in [0.2, 0.25) is 0 Å². The molecule has 1 aromatic heterocycles. The molecule has 0 radical (unpaired) electrons. The number of carbonyl (C=O) groups is 1. The number of rotatable bonds is 4. The Morgan fingerprint density at radius 1 is 1.69 bits per heavy atom. The average Bonchev–Trinajstić information content (AvgIpc) is 2.28. The summed E-state index contributed by atoms with van der Waals surface area (Å²) in [6, 6.07) is 3.98. The number of nitriles is 1. The highest BCUT2D eigenvalue weighted by Gasteiger charge is 2.10. The van der Waals surface area contributed by atoms with Gasteiger partial charge in [0.2, 0.25) is 0 Å². The normalized spacial score (nSPS) is 11.6. The van der Waals surface area contributed by atoms with E-state index in [4.69, 9.17) is 5.26 Å². The van der Waals surface area contributed by atoms with E-state index in [0.29, 0.717) is 12.1 Å². The molecule has 0 bridgehead atoms. The molecule has 4 nitrogen and oxygen atoms in total. The summed E-state index contributed by atoms with van der Waals surface area (Å²) in [6.07, 6.45) is 2.32. The van der Waals surface area contributed by atoms with Crippen LogP contribution in [0.3, 0.4) is 0 Å². The molecule has 1 unspecified atom stereocenters. The minimum atomic E-state index is -0.0445. The van der Waals surface area contributed by atoms with Crippen molar-refractivity contribution in [3.8, 4) is 6.07 Å². The summed E-state index contributed by atoms with van der Waals surface area (Å²) in [6.45, 7) is 4.40. The zero-order chi connectivity index (χ0) is 12.1. The molecule has 0 aliphatic rings. The Kier molecular flexibility index (Phi) is 4.01. The largest absolute Gasteiger partial charge is 0.358 e. The van der Waals surface area contributed by atoms with Crippen LogP contribution in [0.5, 0.6) is 0 Å². The van der Waals surface area contributed by atoms with Crippen LogP contribution in [0.4, 0.5) is 5.82 Å². The molecule has 0 amide bonds. The number of carbonyl (C=O) groups excluding carboxylic acids is 1. The van der Waals surface area contributed by atoms with E-state index in [1.54, 1.807) is 12.3 Å². The molecule has 0 aliphatic carbocycles. The number of aromatic nitrogens is 1. The van der Waals surface area contributed by atoms with E-state index in [-0.39, 0.29) is 5.92 Å². The van der Waals surface area contributed by atoms with Crippen molar-refractivity contribution in [1.29, 1.82) is 5.26 Å². The first-order chi connectivity index (χ1) is 7.58. The lowest BCUT2D eigenvalue weighted by molar-refractivity contribution is 0.112. The van der Waals surface area contributed by atoms with Crippen LogP contribution < -0.4 is 4.90 Å². The lowest BCUT2D eigenvalue weighted by atomic mass is 10.1. The minimum Gasteiger partial charge on any atom is -0.358 e. The molecule has 1 aromatic rings. The highest BCUT2D eigenvalue weighted by molar-refractivity contribution is 5.75. The molecule has 0 aromatic carbocycles. The predicted octanol–water partition coefficient (Wildman–Crippen LogP) is 1.80. The van der Waals surface area contributed by atoms with Crippen LogP contribution in [-0.4, -0.2) is 24.9 Å². The zero-order valence-corrected chi connectivity index (χ0v) is 9.77. The summed E-state index contributed by atoms with van der Waals surface area (Å²) < 4.78 is 0. The minimum absolute atomic E-state index is 0.0445. The maximum absolute atomic E-state index is 10.6. The molecule has 0 saturated carbocycles. The van der Waals surface area contributed by atoms with E-state index in [9.17, 15) is 4.79 Å². The molecule has 16 heavy (non-hydrogen) atoms. The van der Waals surface area contributed by atoms with Crippen molar-refractivity contribution in [1.82, 2.24) is 4.98 Å². The van der Waals surface area contributed by atoms with E-state index in [0.717, 1.165) is 17.7 Å². The second kappa shape index (κ2) is 5.26. The van der Waals surface area contributed by atoms with Crippen LogP contribution in [0, 0.1) is 24.2 Å². The first kappa shape index (κ1) is 12.2. The third-order valence-electron chi connectivity index (χ3n) is 2.34. The summed E-state index contributed by atoms with van der Waals surface area (Å²) in [5.41, 5.74) is 1.51. The van der Waals surface area contributed by atoms with Crippen molar-refractivity contribution < 1.29 is 4.79 Å². The van der Waals surface area contributed by atoms with Crippen molar-refractivity contribution in [3.05, 3.63) is 23.4 Å². The van der Waals surface area contributed by atoms with Gasteiger partial charge in [-0.15, -0.1) is 0 Å². The lowest BCUT2D eigenvalue weighted by Gasteiger charge is -2.21. The van der Waals surface area contributed by atoms with Gasteiger partial charge in [-0.2, -0.15) is 5.26 Å². The van der Waals surface area contributed by atoms with Crippen LogP contribution in [0.1, 0.15) is 22.8 Å². The van der Waals surface area contributed by atoms with Crippen LogP contribution in [0.25, 0.3) is 0 Å². The Bertz CT molecular complexity index is 423. The summed E-state index contributed by atoms with van der Waals surface area (Å²) in [5.74, 6) is 0.768. The Hall–Kier alpha value is -1.89. The van der Waals surface area contributed by atoms with Gasteiger partial charge in [0.25, 0.3) is 0 Å². The van der Waals surface area contributed by atoms with E-state index in [2.05, 4.69) is 11.1 Å². The van der Waals surface area contributed by atoms with E-state index in [1.165, 1.54) is 0 Å². The van der Waals surface area contributed by atoms with Crippen molar-refractivity contribution in [3.63, 3.8) is 0 Å². The molecular weight excluding hydrogens is 202 g/mol. The van der Waals surface area contributed by atoms with Crippen LogP contribution in [0.15, 0.2) is 12.3 Å². The fourth-order valence-electron chi connectivity index (χ4n) is 1.59. The maximum Gasteiger partial charge on any atom is 0.151 e. The standard InChI is InChI=1S/C12H15N3O/c1-9(5-13)7-15(3)12-10(2)4-11(8-16)6-14-12/h4,6,8-9H,7H2,1-3H3. The molecule has 4 heteroatoms. The van der Waals surface area contributed by atoms with Crippen LogP contribution in [-0.2, 0) is 0 Å². The van der Waals surface area contributed by atoms with E-state index < -0.39 is 0 Å². The molecule has 0 spiro atoms. The Labute approximate surface area is 95.5 Å². The van der Waals surface area contributed by atoms with E-state index in [1.807, 2.05) is 25.8 Å². The lowest BCUT2D eigenvalue weighted by Crippen LogP contribution is -2.24. The van der Waals surface area contributed by atoms with Gasteiger partial charge in [0.1, 0.15) is 5.82 Å². The van der Waals surface area contributed by atoms with Crippen molar-refractivity contribution in [2.24, 2.45) is 5.92 Å². The van der Waals surface area contributed by atoms with Gasteiger partial charge in [-0.25, -0.2) is 4.98 Å². The fourth-order valence-corrected chi connectivity index (χ4v) is 1.59. The maximum atomic E-state index is 10.6. The number of anilines is 1. The third-order valence-corrected chi connectivity index (χ3v) is 2.34. The number of hydrogen-bond donors (Lipinski definition) is 0. The molecule has 1 heterocycles. The third kappa shape index (κ3) is 2.80. The van der Waals surface area contributed by atoms with Gasteiger partial charge in [0.15, 0.2) is 6.29 Å². The molecule has 0 fully saturated rings. The molecule has 1 atom stereocenters.